The monoisotopic (exact) mass is 179 g/mol. The predicted molar refractivity (Wildman–Crippen MR) is 51.8 cm³/mol. The summed E-state index contributed by atoms with van der Waals surface area (Å²) in [7, 11) is 0. The van der Waals surface area contributed by atoms with Crippen molar-refractivity contribution in [2.75, 3.05) is 6.54 Å². The van der Waals surface area contributed by atoms with Crippen molar-refractivity contribution in [1.82, 2.24) is 10.4 Å². The largest absolute Gasteiger partial charge is 0.369 e. The third-order valence-electron chi connectivity index (χ3n) is 1.58. The van der Waals surface area contributed by atoms with E-state index in [2.05, 4.69) is 15.4 Å². The number of rotatable bonds is 3. The van der Waals surface area contributed by atoms with Crippen LogP contribution in [-0.2, 0) is 6.42 Å². The summed E-state index contributed by atoms with van der Waals surface area (Å²) in [4.78, 5) is 7.89. The molecule has 0 atom stereocenters. The van der Waals surface area contributed by atoms with Crippen LogP contribution in [0.25, 0.3) is 0 Å². The molecule has 0 saturated carbocycles. The highest BCUT2D eigenvalue weighted by Crippen LogP contribution is 1.96. The third-order valence-corrected chi connectivity index (χ3v) is 1.58. The summed E-state index contributed by atoms with van der Waals surface area (Å²) in [6.45, 7) is 0.625. The maximum Gasteiger partial charge on any atom is 0.203 e. The summed E-state index contributed by atoms with van der Waals surface area (Å²) >= 11 is 0. The quantitative estimate of drug-likeness (QED) is 0.250. The Labute approximate surface area is 76.8 Å². The van der Waals surface area contributed by atoms with Crippen LogP contribution in [0, 0.1) is 0 Å². The van der Waals surface area contributed by atoms with Gasteiger partial charge in [-0.15, -0.1) is 0 Å². The van der Waals surface area contributed by atoms with E-state index in [4.69, 9.17) is 11.6 Å². The van der Waals surface area contributed by atoms with E-state index in [-0.39, 0.29) is 5.96 Å². The molecule has 1 heterocycles. The zero-order chi connectivity index (χ0) is 9.52. The molecule has 0 fully saturated rings. The number of nitrogens with zero attached hydrogens (tertiary/aromatic N) is 2. The number of hydrogen-bond donors (Lipinski definition) is 3. The Kier molecular flexibility index (Phi) is 3.72. The second-order valence-electron chi connectivity index (χ2n) is 2.52. The minimum Gasteiger partial charge on any atom is -0.369 e. The van der Waals surface area contributed by atoms with Crippen LogP contribution in [0.2, 0.25) is 0 Å². The van der Waals surface area contributed by atoms with E-state index in [1.54, 1.807) is 12.4 Å². The highest BCUT2D eigenvalue weighted by molar-refractivity contribution is 5.77. The van der Waals surface area contributed by atoms with Gasteiger partial charge in [0, 0.05) is 18.9 Å². The molecule has 0 aliphatic heterocycles. The Morgan fingerprint density at radius 2 is 2.15 bits per heavy atom. The van der Waals surface area contributed by atoms with Gasteiger partial charge in [0.05, 0.1) is 0 Å². The lowest BCUT2D eigenvalue weighted by molar-refractivity contribution is 0.921. The molecule has 0 radical (unpaired) electrons. The van der Waals surface area contributed by atoms with Crippen molar-refractivity contribution < 1.29 is 0 Å². The molecule has 5 nitrogen and oxygen atoms in total. The molecule has 0 aliphatic carbocycles. The Morgan fingerprint density at radius 3 is 2.77 bits per heavy atom. The van der Waals surface area contributed by atoms with Crippen LogP contribution in [0.15, 0.2) is 29.5 Å². The van der Waals surface area contributed by atoms with Gasteiger partial charge in [-0.1, -0.05) is 0 Å². The van der Waals surface area contributed by atoms with Crippen LogP contribution in [0.1, 0.15) is 5.56 Å². The number of pyridine rings is 1. The Morgan fingerprint density at radius 1 is 1.46 bits per heavy atom. The number of hydrazine groups is 1. The van der Waals surface area contributed by atoms with Crippen molar-refractivity contribution in [3.8, 4) is 0 Å². The molecule has 0 amide bonds. The zero-order valence-corrected chi connectivity index (χ0v) is 7.27. The zero-order valence-electron chi connectivity index (χ0n) is 7.27. The van der Waals surface area contributed by atoms with E-state index in [1.807, 2.05) is 12.1 Å². The molecule has 0 saturated heterocycles. The highest BCUT2D eigenvalue weighted by Gasteiger charge is 1.90. The van der Waals surface area contributed by atoms with E-state index in [0.29, 0.717) is 6.54 Å². The van der Waals surface area contributed by atoms with Crippen LogP contribution in [0.4, 0.5) is 0 Å². The first-order valence-corrected chi connectivity index (χ1v) is 3.98. The first kappa shape index (κ1) is 9.47. The van der Waals surface area contributed by atoms with Crippen molar-refractivity contribution in [1.29, 1.82) is 0 Å². The van der Waals surface area contributed by atoms with Gasteiger partial charge in [-0.2, -0.15) is 0 Å². The van der Waals surface area contributed by atoms with Gasteiger partial charge in [-0.3, -0.25) is 15.4 Å². The van der Waals surface area contributed by atoms with Crippen molar-refractivity contribution in [3.05, 3.63) is 30.1 Å². The van der Waals surface area contributed by atoms with Gasteiger partial charge in [0.1, 0.15) is 0 Å². The van der Waals surface area contributed by atoms with Crippen molar-refractivity contribution in [2.24, 2.45) is 16.6 Å². The SMILES string of the molecule is NNC(N)=NCCc1ccncc1. The van der Waals surface area contributed by atoms with Gasteiger partial charge >= 0.3 is 0 Å². The summed E-state index contributed by atoms with van der Waals surface area (Å²) < 4.78 is 0. The van der Waals surface area contributed by atoms with E-state index < -0.39 is 0 Å². The fraction of sp³-hybridized carbons (Fsp3) is 0.250. The average molecular weight is 179 g/mol. The normalized spacial score (nSPS) is 11.3. The lowest BCUT2D eigenvalue weighted by Crippen LogP contribution is -2.37. The minimum atomic E-state index is 0.258. The van der Waals surface area contributed by atoms with Crippen LogP contribution in [-0.4, -0.2) is 17.5 Å². The predicted octanol–water partition coefficient (Wildman–Crippen LogP) is -0.598. The molecule has 0 spiro atoms. The molecule has 0 unspecified atom stereocenters. The molecule has 1 rings (SSSR count). The summed E-state index contributed by atoms with van der Waals surface area (Å²) in [6, 6.07) is 3.89. The number of aromatic nitrogens is 1. The van der Waals surface area contributed by atoms with E-state index in [1.165, 1.54) is 5.56 Å². The van der Waals surface area contributed by atoms with Gasteiger partial charge in [0.2, 0.25) is 5.96 Å². The molecule has 13 heavy (non-hydrogen) atoms. The van der Waals surface area contributed by atoms with E-state index in [0.717, 1.165) is 6.42 Å². The maximum atomic E-state index is 5.34. The first-order chi connectivity index (χ1) is 6.33. The highest BCUT2D eigenvalue weighted by atomic mass is 15.3. The molecule has 5 heteroatoms. The molecule has 0 aromatic carbocycles. The third kappa shape index (κ3) is 3.53. The molecular formula is C8H13N5. The number of aliphatic imine (C=N–C) groups is 1. The average Bonchev–Trinajstić information content (AvgIpc) is 2.19. The Hall–Kier alpha value is -1.62. The molecule has 1 aromatic heterocycles. The summed E-state index contributed by atoms with van der Waals surface area (Å²) in [5.41, 5.74) is 8.79. The van der Waals surface area contributed by atoms with Crippen LogP contribution in [0.3, 0.4) is 0 Å². The maximum absolute atomic E-state index is 5.34. The molecule has 0 bridgehead atoms. The van der Waals surface area contributed by atoms with Gasteiger partial charge in [-0.25, -0.2) is 5.84 Å². The van der Waals surface area contributed by atoms with Gasteiger partial charge in [0.15, 0.2) is 0 Å². The smallest absolute Gasteiger partial charge is 0.203 e. The molecule has 1 aromatic rings. The fourth-order valence-corrected chi connectivity index (χ4v) is 0.901. The molecule has 0 aliphatic rings. The number of nitrogens with one attached hydrogen (secondary N) is 1. The topological polar surface area (TPSA) is 89.3 Å². The van der Waals surface area contributed by atoms with Crippen LogP contribution in [0.5, 0.6) is 0 Å². The second-order valence-corrected chi connectivity index (χ2v) is 2.52. The minimum absolute atomic E-state index is 0.258. The van der Waals surface area contributed by atoms with Gasteiger partial charge < -0.3 is 5.73 Å². The van der Waals surface area contributed by atoms with E-state index >= 15 is 0 Å². The summed E-state index contributed by atoms with van der Waals surface area (Å²) in [5, 5.41) is 0. The van der Waals surface area contributed by atoms with Gasteiger partial charge in [-0.05, 0) is 24.1 Å². The summed E-state index contributed by atoms with van der Waals surface area (Å²) in [6.07, 6.45) is 4.35. The van der Waals surface area contributed by atoms with Gasteiger partial charge in [0.25, 0.3) is 0 Å². The first-order valence-electron chi connectivity index (χ1n) is 3.98. The van der Waals surface area contributed by atoms with Crippen molar-refractivity contribution in [3.63, 3.8) is 0 Å². The second kappa shape index (κ2) is 5.10. The van der Waals surface area contributed by atoms with Crippen LogP contribution >= 0.6 is 0 Å². The van der Waals surface area contributed by atoms with Crippen molar-refractivity contribution in [2.45, 2.75) is 6.42 Å². The number of hydrogen-bond acceptors (Lipinski definition) is 3. The fourth-order valence-electron chi connectivity index (χ4n) is 0.901. The lowest BCUT2D eigenvalue weighted by atomic mass is 10.2. The Balaban J connectivity index is 2.36. The molecular weight excluding hydrogens is 166 g/mol. The van der Waals surface area contributed by atoms with E-state index in [9.17, 15) is 0 Å². The molecule has 70 valence electrons. The van der Waals surface area contributed by atoms with Crippen LogP contribution < -0.4 is 17.0 Å². The van der Waals surface area contributed by atoms with Crippen molar-refractivity contribution >= 4 is 5.96 Å². The number of guanidine groups is 1. The summed E-state index contributed by atoms with van der Waals surface area (Å²) in [5.74, 6) is 5.29. The lowest BCUT2D eigenvalue weighted by Gasteiger charge is -1.99. The number of nitrogens with two attached hydrogens (primary N) is 2. The molecule has 5 N–H and O–H groups in total. The standard InChI is InChI=1S/C8H13N5/c9-8(13-10)12-6-3-7-1-4-11-5-2-7/h1-2,4-5H,3,6,10H2,(H3,9,12,13). The Bertz CT molecular complexity index is 269.